The summed E-state index contributed by atoms with van der Waals surface area (Å²) in [5.41, 5.74) is 0.536. The highest BCUT2D eigenvalue weighted by atomic mass is 32.2. The number of benzene rings is 1. The van der Waals surface area contributed by atoms with Gasteiger partial charge in [-0.15, -0.1) is 0 Å². The van der Waals surface area contributed by atoms with Gasteiger partial charge < -0.3 is 10.1 Å². The van der Waals surface area contributed by atoms with Crippen LogP contribution >= 0.6 is 0 Å². The van der Waals surface area contributed by atoms with Crippen molar-refractivity contribution in [2.24, 2.45) is 0 Å². The van der Waals surface area contributed by atoms with Crippen molar-refractivity contribution in [1.82, 2.24) is 4.31 Å². The fourth-order valence-corrected chi connectivity index (χ4v) is 3.66. The highest BCUT2D eigenvalue weighted by Gasteiger charge is 2.27. The lowest BCUT2D eigenvalue weighted by Gasteiger charge is -2.25. The molecule has 0 saturated carbocycles. The van der Waals surface area contributed by atoms with Gasteiger partial charge >= 0.3 is 0 Å². The number of rotatable bonds is 4. The topological polar surface area (TPSA) is 75.7 Å². The molecule has 1 fully saturated rings. The van der Waals surface area contributed by atoms with E-state index in [2.05, 4.69) is 5.32 Å². The van der Waals surface area contributed by atoms with Gasteiger partial charge in [0.25, 0.3) is 0 Å². The van der Waals surface area contributed by atoms with E-state index in [0.29, 0.717) is 24.4 Å². The van der Waals surface area contributed by atoms with Crippen LogP contribution in [0.4, 0.5) is 5.69 Å². The van der Waals surface area contributed by atoms with Crippen LogP contribution in [-0.2, 0) is 14.8 Å². The predicted molar refractivity (Wildman–Crippen MR) is 76.2 cm³/mol. The summed E-state index contributed by atoms with van der Waals surface area (Å²) in [5.74, 6) is 0.303. The molecule has 0 aliphatic carbocycles. The first-order valence-corrected chi connectivity index (χ1v) is 8.04. The summed E-state index contributed by atoms with van der Waals surface area (Å²) < 4.78 is 30.0. The Bertz CT molecular complexity index is 586. The van der Waals surface area contributed by atoms with E-state index in [-0.39, 0.29) is 18.2 Å². The van der Waals surface area contributed by atoms with E-state index in [0.717, 1.165) is 6.42 Å². The Morgan fingerprint density at radius 1 is 1.35 bits per heavy atom. The summed E-state index contributed by atoms with van der Waals surface area (Å²) in [6, 6.07) is 7.01. The number of nitrogens with one attached hydrogen (secondary N) is 1. The number of methoxy groups -OCH3 is 1. The Morgan fingerprint density at radius 2 is 2.10 bits per heavy atom. The summed E-state index contributed by atoms with van der Waals surface area (Å²) >= 11 is 0. The van der Waals surface area contributed by atoms with Crippen LogP contribution in [0.1, 0.15) is 12.8 Å². The highest BCUT2D eigenvalue weighted by Crippen LogP contribution is 2.23. The van der Waals surface area contributed by atoms with Crippen molar-refractivity contribution in [3.8, 4) is 5.75 Å². The van der Waals surface area contributed by atoms with Crippen molar-refractivity contribution >= 4 is 21.6 Å². The molecule has 2 rings (SSSR count). The van der Waals surface area contributed by atoms with E-state index in [9.17, 15) is 13.2 Å². The molecule has 1 aliphatic rings. The molecule has 0 bridgehead atoms. The molecular weight excluding hydrogens is 280 g/mol. The minimum atomic E-state index is -3.29. The molecule has 6 nitrogen and oxygen atoms in total. The van der Waals surface area contributed by atoms with Crippen molar-refractivity contribution in [2.45, 2.75) is 12.8 Å². The SMILES string of the molecule is COc1ccccc1NC(=O)CN1CCCCS1(=O)=O. The van der Waals surface area contributed by atoms with Crippen LogP contribution in [0, 0.1) is 0 Å². The van der Waals surface area contributed by atoms with Crippen LogP contribution in [-0.4, -0.2) is 44.6 Å². The number of carbonyl (C=O) groups excluding carboxylic acids is 1. The molecule has 0 unspecified atom stereocenters. The first-order valence-electron chi connectivity index (χ1n) is 6.43. The van der Waals surface area contributed by atoms with Gasteiger partial charge in [-0.3, -0.25) is 4.79 Å². The third-order valence-electron chi connectivity index (χ3n) is 3.15. The largest absolute Gasteiger partial charge is 0.495 e. The molecule has 1 aliphatic heterocycles. The molecule has 0 spiro atoms. The van der Waals surface area contributed by atoms with Crippen LogP contribution in [0.5, 0.6) is 5.75 Å². The fraction of sp³-hybridized carbons (Fsp3) is 0.462. The van der Waals surface area contributed by atoms with Crippen molar-refractivity contribution in [2.75, 3.05) is 31.3 Å². The van der Waals surface area contributed by atoms with Crippen molar-refractivity contribution in [3.63, 3.8) is 0 Å². The second-order valence-electron chi connectivity index (χ2n) is 4.61. The summed E-state index contributed by atoms with van der Waals surface area (Å²) in [6.45, 7) is 0.252. The Balaban J connectivity index is 2.02. The first-order chi connectivity index (χ1) is 9.53. The van der Waals surface area contributed by atoms with Gasteiger partial charge in [-0.25, -0.2) is 8.42 Å². The zero-order chi connectivity index (χ0) is 14.6. The van der Waals surface area contributed by atoms with Crippen LogP contribution in [0.3, 0.4) is 0 Å². The normalized spacial score (nSPS) is 18.4. The number of hydrogen-bond acceptors (Lipinski definition) is 4. The number of hydrogen-bond donors (Lipinski definition) is 1. The van der Waals surface area contributed by atoms with Crippen molar-refractivity contribution in [3.05, 3.63) is 24.3 Å². The zero-order valence-electron chi connectivity index (χ0n) is 11.3. The molecule has 1 aromatic carbocycles. The molecule has 0 atom stereocenters. The lowest BCUT2D eigenvalue weighted by atomic mass is 10.3. The van der Waals surface area contributed by atoms with Gasteiger partial charge in [0, 0.05) is 6.54 Å². The molecule has 7 heteroatoms. The van der Waals surface area contributed by atoms with E-state index in [1.807, 2.05) is 0 Å². The van der Waals surface area contributed by atoms with Crippen LogP contribution in [0.15, 0.2) is 24.3 Å². The smallest absolute Gasteiger partial charge is 0.239 e. The van der Waals surface area contributed by atoms with Crippen LogP contribution in [0.2, 0.25) is 0 Å². The number of anilines is 1. The van der Waals surface area contributed by atoms with Gasteiger partial charge in [0.15, 0.2) is 0 Å². The molecule has 110 valence electrons. The average molecular weight is 298 g/mol. The van der Waals surface area contributed by atoms with Gasteiger partial charge in [-0.1, -0.05) is 12.1 Å². The summed E-state index contributed by atoms with van der Waals surface area (Å²) in [7, 11) is -1.77. The minimum Gasteiger partial charge on any atom is -0.495 e. The Morgan fingerprint density at radius 3 is 2.80 bits per heavy atom. The number of para-hydroxylation sites is 2. The summed E-state index contributed by atoms with van der Waals surface area (Å²) in [5, 5.41) is 2.68. The van der Waals surface area contributed by atoms with Crippen LogP contribution < -0.4 is 10.1 Å². The van der Waals surface area contributed by atoms with E-state index in [4.69, 9.17) is 4.74 Å². The van der Waals surface area contributed by atoms with E-state index >= 15 is 0 Å². The molecule has 20 heavy (non-hydrogen) atoms. The summed E-state index contributed by atoms with van der Waals surface area (Å²) in [6.07, 6.45) is 1.45. The lowest BCUT2D eigenvalue weighted by Crippen LogP contribution is -2.42. The maximum Gasteiger partial charge on any atom is 0.239 e. The van der Waals surface area contributed by atoms with E-state index < -0.39 is 10.0 Å². The maximum absolute atomic E-state index is 12.0. The molecule has 0 aromatic heterocycles. The Kier molecular flexibility index (Phi) is 4.61. The molecule has 1 N–H and O–H groups in total. The van der Waals surface area contributed by atoms with Gasteiger partial charge in [0.2, 0.25) is 15.9 Å². The third kappa shape index (κ3) is 3.49. The zero-order valence-corrected chi connectivity index (χ0v) is 12.1. The van der Waals surface area contributed by atoms with Gasteiger partial charge in [0.05, 0.1) is 25.1 Å². The Hall–Kier alpha value is -1.60. The number of amides is 1. The van der Waals surface area contributed by atoms with Gasteiger partial charge in [0.1, 0.15) is 5.75 Å². The average Bonchev–Trinajstić information content (AvgIpc) is 2.42. The van der Waals surface area contributed by atoms with E-state index in [1.54, 1.807) is 24.3 Å². The van der Waals surface area contributed by atoms with Crippen molar-refractivity contribution in [1.29, 1.82) is 0 Å². The third-order valence-corrected chi connectivity index (χ3v) is 5.06. The molecule has 1 amide bonds. The fourth-order valence-electron chi connectivity index (χ4n) is 2.12. The molecule has 1 aromatic rings. The second kappa shape index (κ2) is 6.23. The number of sulfonamides is 1. The molecular formula is C13H18N2O4S. The monoisotopic (exact) mass is 298 g/mol. The lowest BCUT2D eigenvalue weighted by molar-refractivity contribution is -0.116. The van der Waals surface area contributed by atoms with Gasteiger partial charge in [-0.05, 0) is 25.0 Å². The second-order valence-corrected chi connectivity index (χ2v) is 6.69. The van der Waals surface area contributed by atoms with Gasteiger partial charge in [-0.2, -0.15) is 4.31 Å². The van der Waals surface area contributed by atoms with E-state index in [1.165, 1.54) is 11.4 Å². The predicted octanol–water partition coefficient (Wildman–Crippen LogP) is 1.06. The highest BCUT2D eigenvalue weighted by molar-refractivity contribution is 7.89. The first kappa shape index (κ1) is 14.8. The van der Waals surface area contributed by atoms with Crippen LogP contribution in [0.25, 0.3) is 0 Å². The maximum atomic E-state index is 12.0. The standard InChI is InChI=1S/C13H18N2O4S/c1-19-12-7-3-2-6-11(12)14-13(16)10-15-8-4-5-9-20(15,17)18/h2-3,6-7H,4-5,8-10H2,1H3,(H,14,16). The minimum absolute atomic E-state index is 0.120. The number of carbonyl (C=O) groups is 1. The Labute approximate surface area is 118 Å². The quantitative estimate of drug-likeness (QED) is 0.902. The molecule has 1 saturated heterocycles. The molecule has 1 heterocycles. The molecule has 0 radical (unpaired) electrons. The number of nitrogens with zero attached hydrogens (tertiary/aromatic N) is 1. The number of ether oxygens (including phenoxy) is 1. The summed E-state index contributed by atoms with van der Waals surface area (Å²) in [4.78, 5) is 12.0. The van der Waals surface area contributed by atoms with Crippen molar-refractivity contribution < 1.29 is 17.9 Å².